The maximum atomic E-state index is 13.1. The van der Waals surface area contributed by atoms with E-state index >= 15 is 0 Å². The molecule has 0 aliphatic heterocycles. The van der Waals surface area contributed by atoms with Gasteiger partial charge in [0, 0.05) is 12.4 Å². The molecule has 170 valence electrons. The fourth-order valence-electron chi connectivity index (χ4n) is 3.20. The van der Waals surface area contributed by atoms with Crippen molar-refractivity contribution in [2.45, 2.75) is 37.6 Å². The molecule has 0 unspecified atom stereocenters. The van der Waals surface area contributed by atoms with Gasteiger partial charge in [0.15, 0.2) is 0 Å². The molecule has 0 saturated heterocycles. The van der Waals surface area contributed by atoms with Gasteiger partial charge in [0.05, 0.1) is 26.3 Å². The number of aromatic nitrogens is 2. The van der Waals surface area contributed by atoms with Crippen LogP contribution in [0.5, 0.6) is 11.5 Å². The van der Waals surface area contributed by atoms with Crippen molar-refractivity contribution < 1.29 is 22.7 Å². The minimum absolute atomic E-state index is 0.103. The molecule has 1 amide bonds. The second-order valence-corrected chi connectivity index (χ2v) is 9.94. The maximum Gasteiger partial charge on any atom is 0.268 e. The standard InChI is InChI=1S/C23H27N3O5S/c1-23(2,3)17-8-10-20(31-5)21(14-17)32(28,29)25-22(27)18-13-16(7-9-19(18)30-4)15-26-12-6-11-24-26/h6-14H,15H2,1-5H3,(H,25,27). The van der Waals surface area contributed by atoms with Crippen LogP contribution in [0.25, 0.3) is 0 Å². The third-order valence-electron chi connectivity index (χ3n) is 4.96. The summed E-state index contributed by atoms with van der Waals surface area (Å²) >= 11 is 0. The SMILES string of the molecule is COc1ccc(Cn2cccn2)cc1C(=O)NS(=O)(=O)c1cc(C(C)(C)C)ccc1OC. The summed E-state index contributed by atoms with van der Waals surface area (Å²) < 4.78 is 40.7. The molecule has 0 aliphatic rings. The Morgan fingerprint density at radius 2 is 1.75 bits per heavy atom. The number of amides is 1. The van der Waals surface area contributed by atoms with Gasteiger partial charge >= 0.3 is 0 Å². The zero-order valence-electron chi connectivity index (χ0n) is 18.7. The van der Waals surface area contributed by atoms with Crippen LogP contribution in [0.15, 0.2) is 59.8 Å². The molecule has 1 heterocycles. The summed E-state index contributed by atoms with van der Waals surface area (Å²) in [6.45, 7) is 6.34. The van der Waals surface area contributed by atoms with Crippen LogP contribution in [0.3, 0.4) is 0 Å². The summed E-state index contributed by atoms with van der Waals surface area (Å²) in [5.74, 6) is -0.387. The van der Waals surface area contributed by atoms with Crippen molar-refractivity contribution in [3.05, 3.63) is 71.5 Å². The van der Waals surface area contributed by atoms with Crippen molar-refractivity contribution in [2.75, 3.05) is 14.2 Å². The maximum absolute atomic E-state index is 13.1. The summed E-state index contributed by atoms with van der Waals surface area (Å²) in [5, 5.41) is 4.15. The molecule has 1 aromatic heterocycles. The van der Waals surface area contributed by atoms with Crippen LogP contribution in [0.2, 0.25) is 0 Å². The second kappa shape index (κ2) is 9.04. The van der Waals surface area contributed by atoms with Gasteiger partial charge < -0.3 is 9.47 Å². The molecule has 0 saturated carbocycles. The lowest BCUT2D eigenvalue weighted by molar-refractivity contribution is 0.0978. The lowest BCUT2D eigenvalue weighted by Crippen LogP contribution is -2.31. The summed E-state index contributed by atoms with van der Waals surface area (Å²) in [5.41, 5.74) is 1.38. The number of carbonyl (C=O) groups excluding carboxylic acids is 1. The first-order valence-corrected chi connectivity index (χ1v) is 11.4. The third kappa shape index (κ3) is 5.11. The Morgan fingerprint density at radius 1 is 1.06 bits per heavy atom. The third-order valence-corrected chi connectivity index (χ3v) is 6.31. The van der Waals surface area contributed by atoms with Crippen LogP contribution in [0.1, 0.15) is 42.3 Å². The predicted molar refractivity (Wildman–Crippen MR) is 121 cm³/mol. The number of sulfonamides is 1. The lowest BCUT2D eigenvalue weighted by Gasteiger charge is -2.21. The van der Waals surface area contributed by atoms with E-state index in [1.54, 1.807) is 47.4 Å². The van der Waals surface area contributed by atoms with Gasteiger partial charge in [-0.1, -0.05) is 32.9 Å². The Bertz CT molecular complexity index is 1210. The fraction of sp³-hybridized carbons (Fsp3) is 0.304. The number of ether oxygens (including phenoxy) is 2. The highest BCUT2D eigenvalue weighted by Crippen LogP contribution is 2.31. The molecule has 8 nitrogen and oxygen atoms in total. The highest BCUT2D eigenvalue weighted by Gasteiger charge is 2.27. The van der Waals surface area contributed by atoms with Crippen molar-refractivity contribution in [3.8, 4) is 11.5 Å². The molecule has 0 aliphatic carbocycles. The van der Waals surface area contributed by atoms with Crippen LogP contribution >= 0.6 is 0 Å². The number of nitrogens with one attached hydrogen (secondary N) is 1. The molecule has 32 heavy (non-hydrogen) atoms. The highest BCUT2D eigenvalue weighted by atomic mass is 32.2. The topological polar surface area (TPSA) is 99.5 Å². The molecule has 0 spiro atoms. The lowest BCUT2D eigenvalue weighted by atomic mass is 9.87. The number of hydrogen-bond donors (Lipinski definition) is 1. The van der Waals surface area contributed by atoms with Gasteiger partial charge in [0.2, 0.25) is 0 Å². The Morgan fingerprint density at radius 3 is 2.34 bits per heavy atom. The van der Waals surface area contributed by atoms with Crippen LogP contribution in [0, 0.1) is 0 Å². The van der Waals surface area contributed by atoms with E-state index in [0.29, 0.717) is 6.54 Å². The monoisotopic (exact) mass is 457 g/mol. The smallest absolute Gasteiger partial charge is 0.268 e. The van der Waals surface area contributed by atoms with Crippen LogP contribution in [-0.4, -0.2) is 38.3 Å². The highest BCUT2D eigenvalue weighted by molar-refractivity contribution is 7.90. The van der Waals surface area contributed by atoms with Gasteiger partial charge in [-0.15, -0.1) is 0 Å². The normalized spacial score (nSPS) is 11.8. The fourth-order valence-corrected chi connectivity index (χ4v) is 4.36. The predicted octanol–water partition coefficient (Wildman–Crippen LogP) is 3.36. The van der Waals surface area contributed by atoms with Gasteiger partial charge in [0.1, 0.15) is 16.4 Å². The quantitative estimate of drug-likeness (QED) is 0.584. The number of nitrogens with zero attached hydrogens (tertiary/aromatic N) is 2. The van der Waals surface area contributed by atoms with E-state index in [-0.39, 0.29) is 27.4 Å². The number of rotatable bonds is 7. The van der Waals surface area contributed by atoms with Crippen molar-refractivity contribution in [3.63, 3.8) is 0 Å². The number of benzene rings is 2. The van der Waals surface area contributed by atoms with Crippen molar-refractivity contribution >= 4 is 15.9 Å². The number of carbonyl (C=O) groups is 1. The largest absolute Gasteiger partial charge is 0.496 e. The average molecular weight is 458 g/mol. The van der Waals surface area contributed by atoms with E-state index in [9.17, 15) is 13.2 Å². The minimum Gasteiger partial charge on any atom is -0.496 e. The molecule has 0 atom stereocenters. The Labute approximate surface area is 188 Å². The van der Waals surface area contributed by atoms with Crippen molar-refractivity contribution in [1.29, 1.82) is 0 Å². The first-order valence-electron chi connectivity index (χ1n) is 9.95. The summed E-state index contributed by atoms with van der Waals surface area (Å²) in [4.78, 5) is 12.9. The molecular weight excluding hydrogens is 430 g/mol. The second-order valence-electron chi connectivity index (χ2n) is 8.29. The van der Waals surface area contributed by atoms with E-state index < -0.39 is 15.9 Å². The van der Waals surface area contributed by atoms with E-state index in [1.807, 2.05) is 26.8 Å². The van der Waals surface area contributed by atoms with Crippen LogP contribution < -0.4 is 14.2 Å². The van der Waals surface area contributed by atoms with E-state index in [0.717, 1.165) is 11.1 Å². The molecule has 0 radical (unpaired) electrons. The van der Waals surface area contributed by atoms with Crippen LogP contribution in [-0.2, 0) is 22.0 Å². The molecule has 3 aromatic rings. The Hall–Kier alpha value is -3.33. The minimum atomic E-state index is -4.22. The van der Waals surface area contributed by atoms with Gasteiger partial charge in [-0.3, -0.25) is 9.48 Å². The van der Waals surface area contributed by atoms with Crippen LogP contribution in [0.4, 0.5) is 0 Å². The molecule has 0 fully saturated rings. The van der Waals surface area contributed by atoms with Gasteiger partial charge in [0.25, 0.3) is 15.9 Å². The zero-order valence-corrected chi connectivity index (χ0v) is 19.6. The number of methoxy groups -OCH3 is 2. The Balaban J connectivity index is 1.95. The van der Waals surface area contributed by atoms with Crippen molar-refractivity contribution in [1.82, 2.24) is 14.5 Å². The first kappa shape index (κ1) is 23.3. The van der Waals surface area contributed by atoms with Gasteiger partial charge in [-0.2, -0.15) is 5.10 Å². The molecule has 3 rings (SSSR count). The molecule has 1 N–H and O–H groups in total. The average Bonchev–Trinajstić information content (AvgIpc) is 3.25. The van der Waals surface area contributed by atoms with Crippen molar-refractivity contribution in [2.24, 2.45) is 0 Å². The number of hydrogen-bond acceptors (Lipinski definition) is 6. The molecule has 0 bridgehead atoms. The molecular formula is C23H27N3O5S. The van der Waals surface area contributed by atoms with Gasteiger partial charge in [-0.05, 0) is 46.9 Å². The van der Waals surface area contributed by atoms with E-state index in [2.05, 4.69) is 9.82 Å². The summed E-state index contributed by atoms with van der Waals surface area (Å²) in [7, 11) is -1.41. The Kier molecular flexibility index (Phi) is 6.59. The molecule has 2 aromatic carbocycles. The summed E-state index contributed by atoms with van der Waals surface area (Å²) in [6.07, 6.45) is 3.45. The first-order chi connectivity index (χ1) is 15.0. The molecule has 9 heteroatoms. The zero-order chi connectivity index (χ0) is 23.5. The summed E-state index contributed by atoms with van der Waals surface area (Å²) in [6, 6.07) is 11.7. The van der Waals surface area contributed by atoms with E-state index in [1.165, 1.54) is 20.3 Å². The van der Waals surface area contributed by atoms with E-state index in [4.69, 9.17) is 9.47 Å². The van der Waals surface area contributed by atoms with Gasteiger partial charge in [-0.25, -0.2) is 13.1 Å².